The van der Waals surface area contributed by atoms with E-state index in [1.165, 1.54) is 10.9 Å². The molecule has 6 heteroatoms. The quantitative estimate of drug-likeness (QED) is 0.301. The third-order valence-electron chi connectivity index (χ3n) is 4.72. The van der Waals surface area contributed by atoms with Crippen LogP contribution in [0.4, 0.5) is 0 Å². The normalized spacial score (nSPS) is 11.1. The molecule has 0 unspecified atom stereocenters. The van der Waals surface area contributed by atoms with Crippen LogP contribution in [-0.2, 0) is 12.3 Å². The van der Waals surface area contributed by atoms with Gasteiger partial charge in [-0.05, 0) is 43.0 Å². The number of aromatic nitrogens is 2. The molecule has 0 spiro atoms. The number of carbonyl (C=O) groups excluding carboxylic acids is 1. The van der Waals surface area contributed by atoms with Gasteiger partial charge < -0.3 is 9.88 Å². The molecule has 148 valence electrons. The lowest BCUT2D eigenvalue weighted by Gasteiger charge is -2.10. The number of amides is 1. The van der Waals surface area contributed by atoms with Gasteiger partial charge in [-0.15, -0.1) is 23.1 Å². The molecule has 4 aromatic rings. The van der Waals surface area contributed by atoms with Gasteiger partial charge in [-0.3, -0.25) is 4.79 Å². The Morgan fingerprint density at radius 3 is 2.83 bits per heavy atom. The summed E-state index contributed by atoms with van der Waals surface area (Å²) in [4.78, 5) is 18.2. The zero-order valence-electron chi connectivity index (χ0n) is 16.3. The molecule has 1 N–H and O–H groups in total. The molecule has 2 aromatic heterocycles. The van der Waals surface area contributed by atoms with Gasteiger partial charge in [0, 0.05) is 40.8 Å². The largest absolute Gasteiger partial charge is 0.352 e. The summed E-state index contributed by atoms with van der Waals surface area (Å²) >= 11 is 3.32. The first-order valence-electron chi connectivity index (χ1n) is 9.65. The molecule has 0 aliphatic rings. The minimum atomic E-state index is -0.0140. The molecule has 4 nitrogen and oxygen atoms in total. The van der Waals surface area contributed by atoms with Crippen molar-refractivity contribution in [3.63, 3.8) is 0 Å². The Kier molecular flexibility index (Phi) is 6.32. The maximum atomic E-state index is 12.7. The van der Waals surface area contributed by atoms with Crippen molar-refractivity contribution < 1.29 is 4.79 Å². The van der Waals surface area contributed by atoms with Crippen LogP contribution >= 0.6 is 23.1 Å². The molecule has 0 aliphatic heterocycles. The van der Waals surface area contributed by atoms with Crippen molar-refractivity contribution >= 4 is 39.9 Å². The first kappa shape index (κ1) is 19.7. The standard InChI is InChI=1S/C23H23N3OS2/c1-17-25-19(15-28-17)16-29-22-10-5-3-8-20(22)23(27)24-12-6-13-26-14-11-18-7-2-4-9-21(18)26/h2-5,7-11,14-15H,6,12-13,16H2,1H3,(H,24,27). The van der Waals surface area contributed by atoms with Crippen LogP contribution in [0, 0.1) is 6.92 Å². The molecule has 0 saturated heterocycles. The molecule has 0 atom stereocenters. The van der Waals surface area contributed by atoms with Crippen molar-refractivity contribution in [2.75, 3.05) is 6.54 Å². The summed E-state index contributed by atoms with van der Waals surface area (Å²) in [5.74, 6) is 0.759. The average Bonchev–Trinajstić information content (AvgIpc) is 3.36. The van der Waals surface area contributed by atoms with E-state index in [2.05, 4.69) is 56.8 Å². The van der Waals surface area contributed by atoms with Crippen LogP contribution in [0.15, 0.2) is 71.1 Å². The molecule has 0 radical (unpaired) electrons. The molecule has 1 amide bonds. The Balaban J connectivity index is 1.31. The fourth-order valence-electron chi connectivity index (χ4n) is 3.29. The van der Waals surface area contributed by atoms with E-state index in [0.717, 1.165) is 39.9 Å². The lowest BCUT2D eigenvalue weighted by Crippen LogP contribution is -2.25. The molecule has 0 saturated carbocycles. The van der Waals surface area contributed by atoms with E-state index in [-0.39, 0.29) is 5.91 Å². The van der Waals surface area contributed by atoms with Crippen LogP contribution in [0.3, 0.4) is 0 Å². The number of hydrogen-bond acceptors (Lipinski definition) is 4. The Hall–Kier alpha value is -2.57. The van der Waals surface area contributed by atoms with E-state index in [1.54, 1.807) is 23.1 Å². The van der Waals surface area contributed by atoms with Crippen molar-refractivity contribution in [1.82, 2.24) is 14.9 Å². The van der Waals surface area contributed by atoms with E-state index in [1.807, 2.05) is 31.2 Å². The van der Waals surface area contributed by atoms with Crippen molar-refractivity contribution in [3.05, 3.63) is 82.4 Å². The van der Waals surface area contributed by atoms with Gasteiger partial charge in [-0.25, -0.2) is 4.98 Å². The fraction of sp³-hybridized carbons (Fsp3) is 0.217. The summed E-state index contributed by atoms with van der Waals surface area (Å²) in [6, 6.07) is 18.3. The molecule has 0 fully saturated rings. The summed E-state index contributed by atoms with van der Waals surface area (Å²) in [5.41, 5.74) is 3.03. The third-order valence-corrected chi connectivity index (χ3v) is 6.64. The number of fused-ring (bicyclic) bond motifs is 1. The monoisotopic (exact) mass is 421 g/mol. The van der Waals surface area contributed by atoms with Gasteiger partial charge in [0.25, 0.3) is 5.91 Å². The summed E-state index contributed by atoms with van der Waals surface area (Å²) in [6.07, 6.45) is 3.00. The van der Waals surface area contributed by atoms with E-state index < -0.39 is 0 Å². The molecule has 2 heterocycles. The van der Waals surface area contributed by atoms with Crippen molar-refractivity contribution in [3.8, 4) is 0 Å². The second-order valence-corrected chi connectivity index (χ2v) is 8.90. The van der Waals surface area contributed by atoms with Gasteiger partial charge in [0.15, 0.2) is 0 Å². The highest BCUT2D eigenvalue weighted by Crippen LogP contribution is 2.26. The number of nitrogens with one attached hydrogen (secondary N) is 1. The number of nitrogens with zero attached hydrogens (tertiary/aromatic N) is 2. The van der Waals surface area contributed by atoms with Gasteiger partial charge in [0.05, 0.1) is 16.3 Å². The number of rotatable bonds is 8. The second kappa shape index (κ2) is 9.29. The van der Waals surface area contributed by atoms with E-state index >= 15 is 0 Å². The zero-order valence-corrected chi connectivity index (χ0v) is 17.9. The Morgan fingerprint density at radius 1 is 1.14 bits per heavy atom. The molecule has 0 aliphatic carbocycles. The van der Waals surface area contributed by atoms with E-state index in [0.29, 0.717) is 6.54 Å². The predicted octanol–water partition coefficient (Wildman–Crippen LogP) is 5.52. The topological polar surface area (TPSA) is 46.9 Å². The van der Waals surface area contributed by atoms with Crippen LogP contribution in [0.1, 0.15) is 27.5 Å². The van der Waals surface area contributed by atoms with Crippen LogP contribution in [0.25, 0.3) is 10.9 Å². The first-order chi connectivity index (χ1) is 14.2. The molecular formula is C23H23N3OS2. The Morgan fingerprint density at radius 2 is 1.97 bits per heavy atom. The highest BCUT2D eigenvalue weighted by atomic mass is 32.2. The maximum Gasteiger partial charge on any atom is 0.252 e. The lowest BCUT2D eigenvalue weighted by atomic mass is 10.2. The minimum absolute atomic E-state index is 0.0140. The third kappa shape index (κ3) is 4.89. The molecule has 4 rings (SSSR count). The van der Waals surface area contributed by atoms with Crippen molar-refractivity contribution in [2.45, 2.75) is 30.5 Å². The molecule has 0 bridgehead atoms. The van der Waals surface area contributed by atoms with Gasteiger partial charge in [0.1, 0.15) is 0 Å². The summed E-state index contributed by atoms with van der Waals surface area (Å²) in [7, 11) is 0. The Bertz CT molecular complexity index is 1120. The average molecular weight is 422 g/mol. The lowest BCUT2D eigenvalue weighted by molar-refractivity contribution is 0.0950. The maximum absolute atomic E-state index is 12.7. The summed E-state index contributed by atoms with van der Waals surface area (Å²) in [5, 5.41) is 7.47. The van der Waals surface area contributed by atoms with Gasteiger partial charge >= 0.3 is 0 Å². The molecule has 2 aromatic carbocycles. The number of carbonyl (C=O) groups is 1. The molecule has 29 heavy (non-hydrogen) atoms. The fourth-order valence-corrected chi connectivity index (χ4v) is 4.95. The van der Waals surface area contributed by atoms with Crippen LogP contribution < -0.4 is 5.32 Å². The van der Waals surface area contributed by atoms with Gasteiger partial charge in [0.2, 0.25) is 0 Å². The molecular weight excluding hydrogens is 398 g/mol. The number of hydrogen-bond donors (Lipinski definition) is 1. The number of para-hydroxylation sites is 1. The SMILES string of the molecule is Cc1nc(CSc2ccccc2C(=O)NCCCn2ccc3ccccc32)cs1. The van der Waals surface area contributed by atoms with Crippen molar-refractivity contribution in [2.24, 2.45) is 0 Å². The van der Waals surface area contributed by atoms with E-state index in [9.17, 15) is 4.79 Å². The van der Waals surface area contributed by atoms with Crippen LogP contribution in [-0.4, -0.2) is 22.0 Å². The van der Waals surface area contributed by atoms with Gasteiger partial charge in [-0.1, -0.05) is 30.3 Å². The number of thiazole rings is 1. The van der Waals surface area contributed by atoms with Crippen LogP contribution in [0.5, 0.6) is 0 Å². The first-order valence-corrected chi connectivity index (χ1v) is 11.5. The predicted molar refractivity (Wildman–Crippen MR) is 122 cm³/mol. The number of thioether (sulfide) groups is 1. The van der Waals surface area contributed by atoms with Crippen LogP contribution in [0.2, 0.25) is 0 Å². The van der Waals surface area contributed by atoms with Gasteiger partial charge in [-0.2, -0.15) is 0 Å². The van der Waals surface area contributed by atoms with E-state index in [4.69, 9.17) is 0 Å². The highest BCUT2D eigenvalue weighted by molar-refractivity contribution is 7.98. The smallest absolute Gasteiger partial charge is 0.252 e. The number of aryl methyl sites for hydroxylation is 2. The minimum Gasteiger partial charge on any atom is -0.352 e. The summed E-state index contributed by atoms with van der Waals surface area (Å²) < 4.78 is 2.24. The summed E-state index contributed by atoms with van der Waals surface area (Å²) in [6.45, 7) is 3.54. The second-order valence-electron chi connectivity index (χ2n) is 6.82. The Labute approximate surface area is 179 Å². The van der Waals surface area contributed by atoms with Crippen molar-refractivity contribution in [1.29, 1.82) is 0 Å². The number of benzene rings is 2. The zero-order chi connectivity index (χ0) is 20.1. The highest BCUT2D eigenvalue weighted by Gasteiger charge is 2.11.